The SMILES string of the molecule is CC1(Cn2cnnc2CO)CCOCC1. The van der Waals surface area contributed by atoms with Gasteiger partial charge in [0, 0.05) is 19.8 Å². The molecular weight excluding hydrogens is 194 g/mol. The van der Waals surface area contributed by atoms with Gasteiger partial charge in [-0.3, -0.25) is 0 Å². The summed E-state index contributed by atoms with van der Waals surface area (Å²) in [5, 5.41) is 16.7. The van der Waals surface area contributed by atoms with Crippen molar-refractivity contribution in [2.24, 2.45) is 5.41 Å². The second-order valence-electron chi connectivity index (χ2n) is 4.46. The molecule has 1 fully saturated rings. The second kappa shape index (κ2) is 4.28. The summed E-state index contributed by atoms with van der Waals surface area (Å²) in [7, 11) is 0. The minimum atomic E-state index is -0.0490. The van der Waals surface area contributed by atoms with Crippen LogP contribution in [0.3, 0.4) is 0 Å². The van der Waals surface area contributed by atoms with Gasteiger partial charge in [-0.05, 0) is 18.3 Å². The van der Waals surface area contributed by atoms with Crippen molar-refractivity contribution in [1.29, 1.82) is 0 Å². The fourth-order valence-electron chi connectivity index (χ4n) is 1.97. The second-order valence-corrected chi connectivity index (χ2v) is 4.46. The molecule has 1 aromatic heterocycles. The van der Waals surface area contributed by atoms with Crippen molar-refractivity contribution in [3.05, 3.63) is 12.2 Å². The number of ether oxygens (including phenoxy) is 1. The molecule has 84 valence electrons. The monoisotopic (exact) mass is 211 g/mol. The molecule has 0 atom stereocenters. The van der Waals surface area contributed by atoms with Crippen LogP contribution in [0.15, 0.2) is 6.33 Å². The maximum absolute atomic E-state index is 9.07. The largest absolute Gasteiger partial charge is 0.388 e. The van der Waals surface area contributed by atoms with Crippen molar-refractivity contribution in [3.63, 3.8) is 0 Å². The normalized spacial score (nSPS) is 20.4. The molecule has 5 nitrogen and oxygen atoms in total. The fourth-order valence-corrected chi connectivity index (χ4v) is 1.97. The van der Waals surface area contributed by atoms with Crippen LogP contribution in [0.4, 0.5) is 0 Å². The van der Waals surface area contributed by atoms with Crippen molar-refractivity contribution in [1.82, 2.24) is 14.8 Å². The Morgan fingerprint density at radius 3 is 2.93 bits per heavy atom. The molecular formula is C10H17N3O2. The lowest BCUT2D eigenvalue weighted by molar-refractivity contribution is 0.0147. The van der Waals surface area contributed by atoms with E-state index in [1.165, 1.54) is 0 Å². The van der Waals surface area contributed by atoms with E-state index in [-0.39, 0.29) is 12.0 Å². The Bertz CT molecular complexity index is 318. The summed E-state index contributed by atoms with van der Waals surface area (Å²) >= 11 is 0. The predicted molar refractivity (Wildman–Crippen MR) is 54.1 cm³/mol. The molecule has 0 bridgehead atoms. The number of hydrogen-bond acceptors (Lipinski definition) is 4. The van der Waals surface area contributed by atoms with E-state index in [1.807, 2.05) is 4.57 Å². The highest BCUT2D eigenvalue weighted by Crippen LogP contribution is 2.31. The van der Waals surface area contributed by atoms with Gasteiger partial charge < -0.3 is 14.4 Å². The summed E-state index contributed by atoms with van der Waals surface area (Å²) in [4.78, 5) is 0. The molecule has 0 radical (unpaired) electrons. The average Bonchev–Trinajstić information content (AvgIpc) is 2.65. The number of rotatable bonds is 3. The smallest absolute Gasteiger partial charge is 0.158 e. The number of nitrogens with zero attached hydrogens (tertiary/aromatic N) is 3. The van der Waals surface area contributed by atoms with Gasteiger partial charge in [0.15, 0.2) is 5.82 Å². The zero-order valence-corrected chi connectivity index (χ0v) is 9.02. The lowest BCUT2D eigenvalue weighted by Crippen LogP contribution is -2.31. The van der Waals surface area contributed by atoms with Crippen molar-refractivity contribution in [2.75, 3.05) is 13.2 Å². The van der Waals surface area contributed by atoms with Gasteiger partial charge in [0.2, 0.25) is 0 Å². The van der Waals surface area contributed by atoms with Crippen LogP contribution in [0.25, 0.3) is 0 Å². The fraction of sp³-hybridized carbons (Fsp3) is 0.800. The average molecular weight is 211 g/mol. The Balaban J connectivity index is 2.06. The van der Waals surface area contributed by atoms with Crippen LogP contribution in [0.2, 0.25) is 0 Å². The van der Waals surface area contributed by atoms with Gasteiger partial charge in [0.1, 0.15) is 12.9 Å². The molecule has 0 spiro atoms. The highest BCUT2D eigenvalue weighted by Gasteiger charge is 2.28. The van der Waals surface area contributed by atoms with Gasteiger partial charge in [-0.1, -0.05) is 6.92 Å². The number of aliphatic hydroxyl groups excluding tert-OH is 1. The Hall–Kier alpha value is -0.940. The van der Waals surface area contributed by atoms with Gasteiger partial charge in [0.05, 0.1) is 0 Å². The lowest BCUT2D eigenvalue weighted by atomic mass is 9.82. The first-order valence-electron chi connectivity index (χ1n) is 5.29. The molecule has 1 N–H and O–H groups in total. The maximum atomic E-state index is 9.07. The van der Waals surface area contributed by atoms with Crippen LogP contribution in [-0.2, 0) is 17.9 Å². The number of aliphatic hydroxyl groups is 1. The molecule has 2 heterocycles. The summed E-state index contributed by atoms with van der Waals surface area (Å²) in [6, 6.07) is 0. The van der Waals surface area contributed by atoms with E-state index in [4.69, 9.17) is 9.84 Å². The van der Waals surface area contributed by atoms with Gasteiger partial charge in [-0.15, -0.1) is 10.2 Å². The topological polar surface area (TPSA) is 60.2 Å². The van der Waals surface area contributed by atoms with Crippen LogP contribution < -0.4 is 0 Å². The Kier molecular flexibility index (Phi) is 3.02. The first-order valence-corrected chi connectivity index (χ1v) is 5.29. The third-order valence-electron chi connectivity index (χ3n) is 3.09. The van der Waals surface area contributed by atoms with Gasteiger partial charge >= 0.3 is 0 Å². The predicted octanol–water partition coefficient (Wildman–Crippen LogP) is 0.587. The van der Waals surface area contributed by atoms with Gasteiger partial charge in [-0.2, -0.15) is 0 Å². The van der Waals surface area contributed by atoms with Gasteiger partial charge in [0.25, 0.3) is 0 Å². The number of hydrogen-bond donors (Lipinski definition) is 1. The first kappa shape index (κ1) is 10.6. The minimum absolute atomic E-state index is 0.0490. The molecule has 5 heteroatoms. The summed E-state index contributed by atoms with van der Waals surface area (Å²) in [5.74, 6) is 0.641. The van der Waals surface area contributed by atoms with Crippen molar-refractivity contribution < 1.29 is 9.84 Å². The lowest BCUT2D eigenvalue weighted by Gasteiger charge is -2.33. The minimum Gasteiger partial charge on any atom is -0.388 e. The van der Waals surface area contributed by atoms with E-state index >= 15 is 0 Å². The van der Waals surface area contributed by atoms with E-state index < -0.39 is 0 Å². The molecule has 15 heavy (non-hydrogen) atoms. The molecule has 0 unspecified atom stereocenters. The third-order valence-corrected chi connectivity index (χ3v) is 3.09. The quantitative estimate of drug-likeness (QED) is 0.794. The summed E-state index contributed by atoms with van der Waals surface area (Å²) in [6.07, 6.45) is 3.79. The molecule has 1 aliphatic heterocycles. The zero-order chi connectivity index (χ0) is 10.7. The molecule has 0 aliphatic carbocycles. The van der Waals surface area contributed by atoms with Crippen LogP contribution in [0, 0.1) is 5.41 Å². The van der Waals surface area contributed by atoms with Crippen molar-refractivity contribution >= 4 is 0 Å². The van der Waals surface area contributed by atoms with Crippen LogP contribution in [0.1, 0.15) is 25.6 Å². The van der Waals surface area contributed by atoms with Crippen LogP contribution in [0.5, 0.6) is 0 Å². The van der Waals surface area contributed by atoms with Crippen LogP contribution >= 0.6 is 0 Å². The molecule has 0 amide bonds. The van der Waals surface area contributed by atoms with Gasteiger partial charge in [-0.25, -0.2) is 0 Å². The third kappa shape index (κ3) is 2.35. The summed E-state index contributed by atoms with van der Waals surface area (Å²) in [6.45, 7) is 4.71. The Morgan fingerprint density at radius 2 is 2.27 bits per heavy atom. The van der Waals surface area contributed by atoms with E-state index in [0.29, 0.717) is 5.82 Å². The Labute approximate surface area is 89.1 Å². The van der Waals surface area contributed by atoms with Crippen molar-refractivity contribution in [2.45, 2.75) is 32.9 Å². The number of aromatic nitrogens is 3. The van der Waals surface area contributed by atoms with E-state index in [9.17, 15) is 0 Å². The van der Waals surface area contributed by atoms with Crippen molar-refractivity contribution in [3.8, 4) is 0 Å². The highest BCUT2D eigenvalue weighted by atomic mass is 16.5. The summed E-state index contributed by atoms with van der Waals surface area (Å²) < 4.78 is 7.29. The summed E-state index contributed by atoms with van der Waals surface area (Å²) in [5.41, 5.74) is 0.241. The molecule has 0 aromatic carbocycles. The van der Waals surface area contributed by atoms with E-state index in [1.54, 1.807) is 6.33 Å². The molecule has 0 saturated carbocycles. The van der Waals surface area contributed by atoms with Crippen LogP contribution in [-0.4, -0.2) is 33.1 Å². The highest BCUT2D eigenvalue weighted by molar-refractivity contribution is 4.87. The first-order chi connectivity index (χ1) is 7.23. The maximum Gasteiger partial charge on any atom is 0.158 e. The molecule has 2 rings (SSSR count). The van der Waals surface area contributed by atoms with E-state index in [0.717, 1.165) is 32.6 Å². The Morgan fingerprint density at radius 1 is 1.53 bits per heavy atom. The standard InChI is InChI=1S/C10H17N3O2/c1-10(2-4-15-5-3-10)7-13-8-11-12-9(13)6-14/h8,14H,2-7H2,1H3. The molecule has 1 aromatic rings. The zero-order valence-electron chi connectivity index (χ0n) is 9.02. The molecule has 1 aliphatic rings. The van der Waals surface area contributed by atoms with E-state index in [2.05, 4.69) is 17.1 Å². The molecule has 1 saturated heterocycles.